The van der Waals surface area contributed by atoms with Gasteiger partial charge in [-0.15, -0.1) is 11.3 Å². The molecule has 0 spiro atoms. The average Bonchev–Trinajstić information content (AvgIpc) is 3.18. The van der Waals surface area contributed by atoms with Crippen LogP contribution < -0.4 is 5.32 Å². The molecule has 2 aromatic heterocycles. The quantitative estimate of drug-likeness (QED) is 0.687. The molecule has 3 rings (SSSR count). The van der Waals surface area contributed by atoms with Crippen LogP contribution in [0.25, 0.3) is 0 Å². The van der Waals surface area contributed by atoms with E-state index in [2.05, 4.69) is 57.6 Å². The summed E-state index contributed by atoms with van der Waals surface area (Å²) in [4.78, 5) is 5.86. The van der Waals surface area contributed by atoms with Crippen molar-refractivity contribution >= 4 is 23.0 Å². The van der Waals surface area contributed by atoms with Gasteiger partial charge in [-0.3, -0.25) is 0 Å². The van der Waals surface area contributed by atoms with Crippen LogP contribution in [-0.2, 0) is 0 Å². The molecule has 0 saturated carbocycles. The SMILES string of the molecule is CCCC(c1cccs1)n1ccnc1Nc1ccccc1. The summed E-state index contributed by atoms with van der Waals surface area (Å²) in [6.07, 6.45) is 6.18. The van der Waals surface area contributed by atoms with Crippen molar-refractivity contribution in [3.63, 3.8) is 0 Å². The highest BCUT2D eigenvalue weighted by Crippen LogP contribution is 2.30. The van der Waals surface area contributed by atoms with Crippen molar-refractivity contribution in [1.29, 1.82) is 0 Å². The Morgan fingerprint density at radius 1 is 1.19 bits per heavy atom. The van der Waals surface area contributed by atoms with E-state index in [-0.39, 0.29) is 0 Å². The van der Waals surface area contributed by atoms with Crippen molar-refractivity contribution in [3.8, 4) is 0 Å². The van der Waals surface area contributed by atoms with Crippen LogP contribution in [0.1, 0.15) is 30.7 Å². The summed E-state index contributed by atoms with van der Waals surface area (Å²) >= 11 is 1.81. The van der Waals surface area contributed by atoms with Crippen molar-refractivity contribution in [1.82, 2.24) is 9.55 Å². The van der Waals surface area contributed by atoms with Gasteiger partial charge in [-0.25, -0.2) is 4.98 Å². The summed E-state index contributed by atoms with van der Waals surface area (Å²) < 4.78 is 2.24. The Labute approximate surface area is 129 Å². The fraction of sp³-hybridized carbons (Fsp3) is 0.235. The molecule has 0 saturated heterocycles. The number of benzene rings is 1. The molecule has 0 fully saturated rings. The number of nitrogens with zero attached hydrogens (tertiary/aromatic N) is 2. The Kier molecular flexibility index (Phi) is 4.36. The van der Waals surface area contributed by atoms with Crippen LogP contribution in [0.5, 0.6) is 0 Å². The van der Waals surface area contributed by atoms with E-state index in [1.807, 2.05) is 35.7 Å². The predicted octanol–water partition coefficient (Wildman–Crippen LogP) is 5.08. The molecule has 0 aliphatic carbocycles. The second-order valence-electron chi connectivity index (χ2n) is 4.97. The van der Waals surface area contributed by atoms with Gasteiger partial charge in [0.25, 0.3) is 0 Å². The Balaban J connectivity index is 1.89. The number of imidazole rings is 1. The number of rotatable bonds is 6. The lowest BCUT2D eigenvalue weighted by atomic mass is 10.1. The van der Waals surface area contributed by atoms with Crippen LogP contribution in [0.3, 0.4) is 0 Å². The van der Waals surface area contributed by atoms with E-state index >= 15 is 0 Å². The van der Waals surface area contributed by atoms with Crippen molar-refractivity contribution in [3.05, 3.63) is 65.1 Å². The average molecular weight is 297 g/mol. The molecule has 4 heteroatoms. The van der Waals surface area contributed by atoms with Crippen LogP contribution in [0.4, 0.5) is 11.6 Å². The largest absolute Gasteiger partial charge is 0.326 e. The molecule has 1 N–H and O–H groups in total. The van der Waals surface area contributed by atoms with Crippen LogP contribution >= 0.6 is 11.3 Å². The molecule has 2 heterocycles. The molecular formula is C17H19N3S. The van der Waals surface area contributed by atoms with Gasteiger partial charge in [0.1, 0.15) is 0 Å². The minimum atomic E-state index is 0.351. The van der Waals surface area contributed by atoms with E-state index in [4.69, 9.17) is 0 Å². The highest BCUT2D eigenvalue weighted by atomic mass is 32.1. The fourth-order valence-electron chi connectivity index (χ4n) is 2.48. The predicted molar refractivity (Wildman–Crippen MR) is 89.3 cm³/mol. The van der Waals surface area contributed by atoms with Gasteiger partial charge in [-0.1, -0.05) is 37.6 Å². The lowest BCUT2D eigenvalue weighted by Gasteiger charge is -2.19. The number of para-hydroxylation sites is 1. The molecule has 21 heavy (non-hydrogen) atoms. The van der Waals surface area contributed by atoms with Gasteiger partial charge in [0, 0.05) is 23.0 Å². The maximum atomic E-state index is 4.48. The number of anilines is 2. The number of hydrogen-bond acceptors (Lipinski definition) is 3. The Morgan fingerprint density at radius 2 is 2.05 bits per heavy atom. The molecule has 0 amide bonds. The highest BCUT2D eigenvalue weighted by molar-refractivity contribution is 7.10. The molecule has 0 radical (unpaired) electrons. The first kappa shape index (κ1) is 13.9. The molecule has 1 aromatic carbocycles. The Hall–Kier alpha value is -2.07. The zero-order valence-corrected chi connectivity index (χ0v) is 12.9. The minimum absolute atomic E-state index is 0.351. The third kappa shape index (κ3) is 3.16. The van der Waals surface area contributed by atoms with Gasteiger partial charge in [0.05, 0.1) is 6.04 Å². The first-order chi connectivity index (χ1) is 10.4. The van der Waals surface area contributed by atoms with Crippen LogP contribution in [-0.4, -0.2) is 9.55 Å². The summed E-state index contributed by atoms with van der Waals surface area (Å²) in [5.41, 5.74) is 1.06. The molecule has 0 aliphatic heterocycles. The van der Waals surface area contributed by atoms with Crippen molar-refractivity contribution in [2.75, 3.05) is 5.32 Å². The maximum Gasteiger partial charge on any atom is 0.207 e. The number of nitrogens with one attached hydrogen (secondary N) is 1. The Bertz CT molecular complexity index is 658. The first-order valence-electron chi connectivity index (χ1n) is 7.27. The highest BCUT2D eigenvalue weighted by Gasteiger charge is 2.17. The third-order valence-corrected chi connectivity index (χ3v) is 4.44. The van der Waals surface area contributed by atoms with Gasteiger partial charge in [-0.2, -0.15) is 0 Å². The number of thiophene rings is 1. The molecule has 0 aliphatic rings. The van der Waals surface area contributed by atoms with Gasteiger partial charge < -0.3 is 9.88 Å². The van der Waals surface area contributed by atoms with E-state index in [9.17, 15) is 0 Å². The normalized spacial score (nSPS) is 12.2. The van der Waals surface area contributed by atoms with Crippen LogP contribution in [0.15, 0.2) is 60.2 Å². The number of aromatic nitrogens is 2. The van der Waals surface area contributed by atoms with Gasteiger partial charge in [0.15, 0.2) is 0 Å². The topological polar surface area (TPSA) is 29.9 Å². The Morgan fingerprint density at radius 3 is 2.76 bits per heavy atom. The smallest absolute Gasteiger partial charge is 0.207 e. The molecule has 1 unspecified atom stereocenters. The zero-order chi connectivity index (χ0) is 14.5. The van der Waals surface area contributed by atoms with Gasteiger partial charge >= 0.3 is 0 Å². The summed E-state index contributed by atoms with van der Waals surface area (Å²) in [7, 11) is 0. The summed E-state index contributed by atoms with van der Waals surface area (Å²) in [6, 6.07) is 14.8. The summed E-state index contributed by atoms with van der Waals surface area (Å²) in [5.74, 6) is 0.896. The molecule has 1 atom stereocenters. The van der Waals surface area contributed by atoms with E-state index in [0.717, 1.165) is 24.5 Å². The van der Waals surface area contributed by atoms with E-state index in [1.54, 1.807) is 0 Å². The maximum absolute atomic E-state index is 4.48. The molecule has 108 valence electrons. The monoisotopic (exact) mass is 297 g/mol. The van der Waals surface area contributed by atoms with Gasteiger partial charge in [-0.05, 0) is 30.0 Å². The standard InChI is InChI=1S/C17H19N3S/c1-2-7-15(16-10-6-13-21-16)20-12-11-18-17(20)19-14-8-4-3-5-9-14/h3-6,8-13,15H,2,7H2,1H3,(H,18,19). The first-order valence-corrected chi connectivity index (χ1v) is 8.14. The second kappa shape index (κ2) is 6.59. The van der Waals surface area contributed by atoms with E-state index in [0.29, 0.717) is 6.04 Å². The fourth-order valence-corrected chi connectivity index (χ4v) is 3.34. The summed E-state index contributed by atoms with van der Waals surface area (Å²) in [6.45, 7) is 2.22. The second-order valence-corrected chi connectivity index (χ2v) is 5.95. The summed E-state index contributed by atoms with van der Waals surface area (Å²) in [5, 5.41) is 5.55. The van der Waals surface area contributed by atoms with E-state index in [1.165, 1.54) is 4.88 Å². The van der Waals surface area contributed by atoms with Gasteiger partial charge in [0.2, 0.25) is 5.95 Å². The molecule has 3 nitrogen and oxygen atoms in total. The van der Waals surface area contributed by atoms with Crippen LogP contribution in [0.2, 0.25) is 0 Å². The van der Waals surface area contributed by atoms with E-state index < -0.39 is 0 Å². The molecule has 3 aromatic rings. The lowest BCUT2D eigenvalue weighted by Crippen LogP contribution is -2.11. The lowest BCUT2D eigenvalue weighted by molar-refractivity contribution is 0.547. The van der Waals surface area contributed by atoms with Crippen molar-refractivity contribution < 1.29 is 0 Å². The minimum Gasteiger partial charge on any atom is -0.326 e. The van der Waals surface area contributed by atoms with Crippen molar-refractivity contribution in [2.45, 2.75) is 25.8 Å². The zero-order valence-electron chi connectivity index (χ0n) is 12.1. The molecular weight excluding hydrogens is 278 g/mol. The number of hydrogen-bond donors (Lipinski definition) is 1. The molecule has 0 bridgehead atoms. The van der Waals surface area contributed by atoms with Crippen LogP contribution in [0, 0.1) is 0 Å². The third-order valence-electron chi connectivity index (χ3n) is 3.47. The van der Waals surface area contributed by atoms with Crippen molar-refractivity contribution in [2.24, 2.45) is 0 Å².